The van der Waals surface area contributed by atoms with Gasteiger partial charge in [-0.2, -0.15) is 0 Å². The lowest BCUT2D eigenvalue weighted by Crippen LogP contribution is -2.64. The van der Waals surface area contributed by atoms with Crippen molar-refractivity contribution < 1.29 is 17.9 Å². The van der Waals surface area contributed by atoms with Crippen molar-refractivity contribution in [2.45, 2.75) is 57.5 Å². The van der Waals surface area contributed by atoms with E-state index >= 15 is 0 Å². The van der Waals surface area contributed by atoms with Gasteiger partial charge in [0, 0.05) is 31.2 Å². The lowest BCUT2D eigenvalue weighted by Gasteiger charge is -2.48. The molecular formula is C14H25F3N2O. The molecule has 6 heteroatoms. The van der Waals surface area contributed by atoms with E-state index in [1.54, 1.807) is 0 Å². The van der Waals surface area contributed by atoms with E-state index in [2.05, 4.69) is 28.8 Å². The largest absolute Gasteiger partial charge is 0.522 e. The van der Waals surface area contributed by atoms with Gasteiger partial charge in [0.25, 0.3) is 0 Å². The molecule has 1 aliphatic carbocycles. The monoisotopic (exact) mass is 294 g/mol. The smallest absolute Gasteiger partial charge is 0.308 e. The standard InChI is InChI=1S/C14H25F3N2O/c1-3-13(4-2)10-19(7-8-20-14(15,16)17)12(9-18-13)11-5-6-11/h11-12,18H,3-10H2,1-2H3. The summed E-state index contributed by atoms with van der Waals surface area (Å²) < 4.78 is 40.3. The fourth-order valence-corrected chi connectivity index (χ4v) is 3.21. The minimum absolute atomic E-state index is 0.0453. The normalized spacial score (nSPS) is 27.8. The van der Waals surface area contributed by atoms with Gasteiger partial charge in [0.1, 0.15) is 0 Å². The molecule has 118 valence electrons. The molecule has 0 aromatic rings. The Balaban J connectivity index is 1.92. The van der Waals surface area contributed by atoms with Crippen LogP contribution in [0.5, 0.6) is 0 Å². The third-order valence-electron chi connectivity index (χ3n) is 4.82. The number of hydrogen-bond donors (Lipinski definition) is 1. The fraction of sp³-hybridized carbons (Fsp3) is 1.00. The van der Waals surface area contributed by atoms with E-state index in [0.29, 0.717) is 18.5 Å². The van der Waals surface area contributed by atoms with Crippen LogP contribution in [0.4, 0.5) is 13.2 Å². The molecule has 1 N–H and O–H groups in total. The van der Waals surface area contributed by atoms with Crippen molar-refractivity contribution in [3.8, 4) is 0 Å². The Morgan fingerprint density at radius 2 is 1.90 bits per heavy atom. The van der Waals surface area contributed by atoms with Crippen molar-refractivity contribution in [2.24, 2.45) is 5.92 Å². The summed E-state index contributed by atoms with van der Waals surface area (Å²) in [7, 11) is 0. The van der Waals surface area contributed by atoms with Gasteiger partial charge in [0.15, 0.2) is 0 Å². The molecule has 1 atom stereocenters. The molecular weight excluding hydrogens is 269 g/mol. The molecule has 2 fully saturated rings. The summed E-state index contributed by atoms with van der Waals surface area (Å²) in [4.78, 5) is 2.22. The Kier molecular flexibility index (Phi) is 4.97. The van der Waals surface area contributed by atoms with Gasteiger partial charge in [0.05, 0.1) is 6.61 Å². The van der Waals surface area contributed by atoms with Gasteiger partial charge in [-0.3, -0.25) is 9.64 Å². The Labute approximate surface area is 118 Å². The summed E-state index contributed by atoms with van der Waals surface area (Å²) in [6.07, 6.45) is -0.118. The van der Waals surface area contributed by atoms with Crippen LogP contribution in [0.15, 0.2) is 0 Å². The molecule has 20 heavy (non-hydrogen) atoms. The Morgan fingerprint density at radius 3 is 2.40 bits per heavy atom. The van der Waals surface area contributed by atoms with Crippen molar-refractivity contribution >= 4 is 0 Å². The molecule has 2 rings (SSSR count). The Bertz CT molecular complexity index is 314. The highest BCUT2D eigenvalue weighted by molar-refractivity contribution is 5.01. The van der Waals surface area contributed by atoms with Gasteiger partial charge in [-0.1, -0.05) is 13.8 Å². The van der Waals surface area contributed by atoms with Crippen LogP contribution in [0.25, 0.3) is 0 Å². The lowest BCUT2D eigenvalue weighted by molar-refractivity contribution is -0.325. The SMILES string of the molecule is CCC1(CC)CN(CCOC(F)(F)F)C(C2CC2)CN1. The maximum atomic E-state index is 12.1. The number of nitrogens with one attached hydrogen (secondary N) is 1. The number of halogens is 3. The van der Waals surface area contributed by atoms with Gasteiger partial charge in [-0.05, 0) is 31.6 Å². The molecule has 0 radical (unpaired) electrons. The van der Waals surface area contributed by atoms with Crippen LogP contribution in [0.1, 0.15) is 39.5 Å². The van der Waals surface area contributed by atoms with E-state index in [4.69, 9.17) is 0 Å². The van der Waals surface area contributed by atoms with Crippen LogP contribution in [0.2, 0.25) is 0 Å². The molecule has 2 aliphatic rings. The maximum Gasteiger partial charge on any atom is 0.522 e. The minimum Gasteiger partial charge on any atom is -0.308 e. The van der Waals surface area contributed by atoms with Crippen molar-refractivity contribution in [2.75, 3.05) is 26.2 Å². The number of ether oxygens (including phenoxy) is 1. The number of hydrogen-bond acceptors (Lipinski definition) is 3. The highest BCUT2D eigenvalue weighted by Gasteiger charge is 2.43. The zero-order valence-corrected chi connectivity index (χ0v) is 12.3. The first-order valence-corrected chi connectivity index (χ1v) is 7.59. The second kappa shape index (κ2) is 6.20. The van der Waals surface area contributed by atoms with Crippen molar-refractivity contribution in [1.82, 2.24) is 10.2 Å². The second-order valence-corrected chi connectivity index (χ2v) is 6.04. The molecule has 1 heterocycles. The van der Waals surface area contributed by atoms with Gasteiger partial charge in [-0.25, -0.2) is 0 Å². The minimum atomic E-state index is -4.52. The molecule has 1 aliphatic heterocycles. The van der Waals surface area contributed by atoms with E-state index in [0.717, 1.165) is 25.9 Å². The summed E-state index contributed by atoms with van der Waals surface area (Å²) in [6, 6.07) is 0.373. The zero-order chi connectivity index (χ0) is 14.8. The molecule has 0 aromatic heterocycles. The molecule has 1 saturated carbocycles. The maximum absolute atomic E-state index is 12.1. The van der Waals surface area contributed by atoms with Gasteiger partial charge >= 0.3 is 6.36 Å². The third kappa shape index (κ3) is 4.09. The van der Waals surface area contributed by atoms with Gasteiger partial charge in [0.2, 0.25) is 0 Å². The topological polar surface area (TPSA) is 24.5 Å². The van der Waals surface area contributed by atoms with Crippen molar-refractivity contribution in [3.05, 3.63) is 0 Å². The molecule has 0 spiro atoms. The van der Waals surface area contributed by atoms with Crippen molar-refractivity contribution in [1.29, 1.82) is 0 Å². The van der Waals surface area contributed by atoms with E-state index in [-0.39, 0.29) is 12.1 Å². The number of alkyl halides is 3. The van der Waals surface area contributed by atoms with Crippen LogP contribution < -0.4 is 5.32 Å². The Hall–Kier alpha value is -0.330. The molecule has 0 aromatic carbocycles. The van der Waals surface area contributed by atoms with Crippen LogP contribution in [-0.4, -0.2) is 49.1 Å². The third-order valence-corrected chi connectivity index (χ3v) is 4.82. The molecule has 3 nitrogen and oxygen atoms in total. The summed E-state index contributed by atoms with van der Waals surface area (Å²) in [5.41, 5.74) is 0.0453. The van der Waals surface area contributed by atoms with Gasteiger partial charge in [-0.15, -0.1) is 13.2 Å². The predicted octanol–water partition coefficient (Wildman–Crippen LogP) is 2.77. The highest BCUT2D eigenvalue weighted by Crippen LogP contribution is 2.38. The Morgan fingerprint density at radius 1 is 1.25 bits per heavy atom. The highest BCUT2D eigenvalue weighted by atomic mass is 19.4. The van der Waals surface area contributed by atoms with E-state index in [9.17, 15) is 13.2 Å². The zero-order valence-electron chi connectivity index (χ0n) is 12.3. The van der Waals surface area contributed by atoms with Crippen LogP contribution in [0.3, 0.4) is 0 Å². The first-order valence-electron chi connectivity index (χ1n) is 7.59. The number of nitrogens with zero attached hydrogens (tertiary/aromatic N) is 1. The summed E-state index contributed by atoms with van der Waals surface area (Å²) in [5.74, 6) is 0.653. The fourth-order valence-electron chi connectivity index (χ4n) is 3.21. The second-order valence-electron chi connectivity index (χ2n) is 6.04. The first-order chi connectivity index (χ1) is 9.39. The molecule has 1 unspecified atom stereocenters. The van der Waals surface area contributed by atoms with Crippen molar-refractivity contribution in [3.63, 3.8) is 0 Å². The summed E-state index contributed by atoms with van der Waals surface area (Å²) >= 11 is 0. The van der Waals surface area contributed by atoms with E-state index < -0.39 is 6.36 Å². The first kappa shape index (κ1) is 16.0. The summed E-state index contributed by atoms with van der Waals surface area (Å²) in [5, 5.41) is 3.64. The average molecular weight is 294 g/mol. The molecule has 1 saturated heterocycles. The molecule has 0 bridgehead atoms. The lowest BCUT2D eigenvalue weighted by atomic mass is 9.87. The number of rotatable bonds is 6. The quantitative estimate of drug-likeness (QED) is 0.815. The van der Waals surface area contributed by atoms with Crippen LogP contribution in [0, 0.1) is 5.92 Å². The van der Waals surface area contributed by atoms with Crippen LogP contribution in [-0.2, 0) is 4.74 Å². The van der Waals surface area contributed by atoms with Gasteiger partial charge < -0.3 is 5.32 Å². The van der Waals surface area contributed by atoms with E-state index in [1.165, 1.54) is 12.8 Å². The van der Waals surface area contributed by atoms with Crippen LogP contribution >= 0.6 is 0 Å². The predicted molar refractivity (Wildman–Crippen MR) is 71.4 cm³/mol. The molecule has 0 amide bonds. The summed E-state index contributed by atoms with van der Waals surface area (Å²) in [6.45, 7) is 6.08. The van der Waals surface area contributed by atoms with E-state index in [1.807, 2.05) is 0 Å². The number of piperazine rings is 1. The average Bonchev–Trinajstić information content (AvgIpc) is 3.21.